The maximum absolute atomic E-state index is 6.06. The van der Waals surface area contributed by atoms with Crippen molar-refractivity contribution in [3.63, 3.8) is 0 Å². The van der Waals surface area contributed by atoms with Crippen LogP contribution in [0.2, 0.25) is 0 Å². The Kier molecular flexibility index (Phi) is 5.73. The van der Waals surface area contributed by atoms with Gasteiger partial charge < -0.3 is 10.5 Å². The summed E-state index contributed by atoms with van der Waals surface area (Å²) in [6, 6.07) is 0. The van der Waals surface area contributed by atoms with E-state index in [0.29, 0.717) is 0 Å². The van der Waals surface area contributed by atoms with Crippen LogP contribution < -0.4 is 5.73 Å². The van der Waals surface area contributed by atoms with Gasteiger partial charge in [-0.15, -0.1) is 0 Å². The molecule has 16 heavy (non-hydrogen) atoms. The Bertz CT molecular complexity index is 198. The lowest BCUT2D eigenvalue weighted by molar-refractivity contribution is 0.0440. The molecule has 1 aliphatic carbocycles. The molecule has 2 N–H and O–H groups in total. The monoisotopic (exact) mass is 228 g/mol. The van der Waals surface area contributed by atoms with Crippen LogP contribution in [-0.4, -0.2) is 43.8 Å². The quantitative estimate of drug-likeness (QED) is 0.676. The average Bonchev–Trinajstić information content (AvgIpc) is 2.73. The molecule has 0 amide bonds. The van der Waals surface area contributed by atoms with Crippen LogP contribution in [0, 0.1) is 5.92 Å². The van der Waals surface area contributed by atoms with Gasteiger partial charge in [0, 0.05) is 25.2 Å². The van der Waals surface area contributed by atoms with E-state index in [0.717, 1.165) is 32.2 Å². The van der Waals surface area contributed by atoms with E-state index in [1.54, 1.807) is 0 Å². The maximum atomic E-state index is 6.06. The molecular weight excluding hydrogens is 200 g/mol. The molecule has 0 radical (unpaired) electrons. The van der Waals surface area contributed by atoms with Crippen LogP contribution in [0.3, 0.4) is 0 Å². The van der Waals surface area contributed by atoms with Crippen molar-refractivity contribution in [1.82, 2.24) is 4.90 Å². The molecule has 1 saturated carbocycles. The lowest BCUT2D eigenvalue weighted by atomic mass is 9.83. The first-order chi connectivity index (χ1) is 7.71. The normalized spacial score (nSPS) is 30.2. The van der Waals surface area contributed by atoms with E-state index in [9.17, 15) is 0 Å². The van der Waals surface area contributed by atoms with Gasteiger partial charge >= 0.3 is 0 Å². The fourth-order valence-electron chi connectivity index (χ4n) is 3.21. The summed E-state index contributed by atoms with van der Waals surface area (Å²) in [5, 5.41) is 0. The molecule has 0 aromatic carbocycles. The lowest BCUT2D eigenvalue weighted by Gasteiger charge is -2.42. The van der Waals surface area contributed by atoms with Gasteiger partial charge in [0.05, 0.1) is 6.61 Å². The van der Waals surface area contributed by atoms with Crippen LogP contribution in [0.1, 0.15) is 39.5 Å². The molecule has 2 atom stereocenters. The van der Waals surface area contributed by atoms with E-state index >= 15 is 0 Å². The SMILES string of the molecule is CCOCCN(C)C1(CN)CCCC1CC. The molecule has 2 unspecified atom stereocenters. The minimum atomic E-state index is 0.242. The van der Waals surface area contributed by atoms with Crippen molar-refractivity contribution in [2.75, 3.05) is 33.4 Å². The second-order valence-corrected chi connectivity index (χ2v) is 4.92. The molecule has 1 fully saturated rings. The van der Waals surface area contributed by atoms with Crippen molar-refractivity contribution in [1.29, 1.82) is 0 Å². The molecule has 1 rings (SSSR count). The van der Waals surface area contributed by atoms with E-state index in [4.69, 9.17) is 10.5 Å². The zero-order chi connectivity index (χ0) is 12.0. The standard InChI is InChI=1S/C13H28N2O/c1-4-12-7-6-8-13(12,11-14)15(3)9-10-16-5-2/h12H,4-11,14H2,1-3H3. The summed E-state index contributed by atoms with van der Waals surface area (Å²) < 4.78 is 5.44. The largest absolute Gasteiger partial charge is 0.380 e. The fraction of sp³-hybridized carbons (Fsp3) is 1.00. The highest BCUT2D eigenvalue weighted by Crippen LogP contribution is 2.40. The van der Waals surface area contributed by atoms with Gasteiger partial charge in [0.15, 0.2) is 0 Å². The topological polar surface area (TPSA) is 38.5 Å². The van der Waals surface area contributed by atoms with Gasteiger partial charge in [-0.3, -0.25) is 4.90 Å². The smallest absolute Gasteiger partial charge is 0.0593 e. The predicted molar refractivity (Wildman–Crippen MR) is 68.5 cm³/mol. The van der Waals surface area contributed by atoms with E-state index in [2.05, 4.69) is 18.9 Å². The first kappa shape index (κ1) is 13.9. The lowest BCUT2D eigenvalue weighted by Crippen LogP contribution is -2.55. The van der Waals surface area contributed by atoms with Crippen LogP contribution in [0.4, 0.5) is 0 Å². The third-order valence-electron chi connectivity index (χ3n) is 4.30. The Balaban J connectivity index is 2.56. The van der Waals surface area contributed by atoms with E-state index in [1.165, 1.54) is 25.7 Å². The Hall–Kier alpha value is -0.120. The summed E-state index contributed by atoms with van der Waals surface area (Å²) >= 11 is 0. The Morgan fingerprint density at radius 3 is 2.75 bits per heavy atom. The van der Waals surface area contributed by atoms with Crippen LogP contribution in [-0.2, 0) is 4.74 Å². The summed E-state index contributed by atoms with van der Waals surface area (Å²) in [7, 11) is 2.21. The Labute approximate surface area is 100 Å². The van der Waals surface area contributed by atoms with Crippen molar-refractivity contribution in [2.24, 2.45) is 11.7 Å². The van der Waals surface area contributed by atoms with Crippen molar-refractivity contribution < 1.29 is 4.74 Å². The van der Waals surface area contributed by atoms with Gasteiger partial charge in [-0.1, -0.05) is 19.8 Å². The summed E-state index contributed by atoms with van der Waals surface area (Å²) in [5.41, 5.74) is 6.30. The Morgan fingerprint density at radius 2 is 2.19 bits per heavy atom. The Morgan fingerprint density at radius 1 is 1.44 bits per heavy atom. The second-order valence-electron chi connectivity index (χ2n) is 4.92. The maximum Gasteiger partial charge on any atom is 0.0593 e. The van der Waals surface area contributed by atoms with E-state index in [-0.39, 0.29) is 5.54 Å². The van der Waals surface area contributed by atoms with Gasteiger partial charge in [-0.25, -0.2) is 0 Å². The molecular formula is C13H28N2O. The van der Waals surface area contributed by atoms with Crippen molar-refractivity contribution in [3.05, 3.63) is 0 Å². The number of hydrogen-bond acceptors (Lipinski definition) is 3. The first-order valence-corrected chi connectivity index (χ1v) is 6.70. The number of rotatable bonds is 7. The zero-order valence-corrected chi connectivity index (χ0v) is 11.2. The van der Waals surface area contributed by atoms with Gasteiger partial charge in [0.1, 0.15) is 0 Å². The molecule has 0 spiro atoms. The molecule has 0 aromatic rings. The number of nitrogens with zero attached hydrogens (tertiary/aromatic N) is 1. The highest BCUT2D eigenvalue weighted by atomic mass is 16.5. The third kappa shape index (κ3) is 2.76. The molecule has 1 aliphatic rings. The molecule has 0 heterocycles. The van der Waals surface area contributed by atoms with E-state index in [1.807, 2.05) is 6.92 Å². The highest BCUT2D eigenvalue weighted by molar-refractivity contribution is 5.00. The van der Waals surface area contributed by atoms with Crippen molar-refractivity contribution >= 4 is 0 Å². The van der Waals surface area contributed by atoms with Gasteiger partial charge in [0.2, 0.25) is 0 Å². The minimum Gasteiger partial charge on any atom is -0.380 e. The van der Waals surface area contributed by atoms with Crippen molar-refractivity contribution in [3.8, 4) is 0 Å². The number of likely N-dealkylation sites (N-methyl/N-ethyl adjacent to an activating group) is 1. The molecule has 96 valence electrons. The molecule has 0 saturated heterocycles. The van der Waals surface area contributed by atoms with Gasteiger partial charge in [-0.2, -0.15) is 0 Å². The summed E-state index contributed by atoms with van der Waals surface area (Å²) in [5.74, 6) is 0.768. The van der Waals surface area contributed by atoms with Crippen LogP contribution in [0.15, 0.2) is 0 Å². The minimum absolute atomic E-state index is 0.242. The highest BCUT2D eigenvalue weighted by Gasteiger charge is 2.43. The van der Waals surface area contributed by atoms with Crippen molar-refractivity contribution in [2.45, 2.75) is 45.1 Å². The van der Waals surface area contributed by atoms with Gasteiger partial charge in [0.25, 0.3) is 0 Å². The second kappa shape index (κ2) is 6.58. The fourth-order valence-corrected chi connectivity index (χ4v) is 3.21. The molecule has 0 aliphatic heterocycles. The number of hydrogen-bond donors (Lipinski definition) is 1. The summed E-state index contributed by atoms with van der Waals surface area (Å²) in [4.78, 5) is 2.45. The van der Waals surface area contributed by atoms with Crippen LogP contribution in [0.25, 0.3) is 0 Å². The molecule has 3 heteroatoms. The van der Waals surface area contributed by atoms with Crippen LogP contribution >= 0.6 is 0 Å². The number of ether oxygens (including phenoxy) is 1. The first-order valence-electron chi connectivity index (χ1n) is 6.70. The van der Waals surface area contributed by atoms with Crippen LogP contribution in [0.5, 0.6) is 0 Å². The average molecular weight is 228 g/mol. The van der Waals surface area contributed by atoms with E-state index < -0.39 is 0 Å². The molecule has 0 aromatic heterocycles. The third-order valence-corrected chi connectivity index (χ3v) is 4.30. The number of nitrogens with two attached hydrogens (primary N) is 1. The predicted octanol–water partition coefficient (Wildman–Crippen LogP) is 1.86. The molecule has 3 nitrogen and oxygen atoms in total. The van der Waals surface area contributed by atoms with Gasteiger partial charge in [-0.05, 0) is 32.7 Å². The zero-order valence-electron chi connectivity index (χ0n) is 11.2. The summed E-state index contributed by atoms with van der Waals surface area (Å²) in [6.07, 6.45) is 5.17. The summed E-state index contributed by atoms with van der Waals surface area (Å²) in [6.45, 7) is 7.75. The molecule has 0 bridgehead atoms.